The number of nitrogens with two attached hydrogens (primary N) is 1. The maximum atomic E-state index is 11.8. The summed E-state index contributed by atoms with van der Waals surface area (Å²) in [4.78, 5) is 3.95. The van der Waals surface area contributed by atoms with Crippen LogP contribution in [0.1, 0.15) is 18.9 Å². The first-order valence-corrected chi connectivity index (χ1v) is 7.08. The second kappa shape index (κ2) is 5.96. The lowest BCUT2D eigenvalue weighted by Gasteiger charge is -2.11. The van der Waals surface area contributed by atoms with E-state index in [9.17, 15) is 8.42 Å². The number of hydrogen-bond donors (Lipinski definition) is 1. The molecule has 1 aromatic heterocycles. The Balaban J connectivity index is 2.55. The number of aryl methyl sites for hydroxylation is 1. The van der Waals surface area contributed by atoms with Crippen LogP contribution in [0.15, 0.2) is 24.5 Å². The van der Waals surface area contributed by atoms with Gasteiger partial charge in [0, 0.05) is 12.4 Å². The lowest BCUT2D eigenvalue weighted by atomic mass is 10.2. The maximum absolute atomic E-state index is 11.8. The average molecular weight is 242 g/mol. The smallest absolute Gasteiger partial charge is 0.153 e. The zero-order chi connectivity index (χ0) is 12.0. The zero-order valence-electron chi connectivity index (χ0n) is 9.46. The largest absolute Gasteiger partial charge is 0.330 e. The van der Waals surface area contributed by atoms with Crippen LogP contribution in [0.2, 0.25) is 0 Å². The van der Waals surface area contributed by atoms with E-state index < -0.39 is 9.84 Å². The molecule has 0 aliphatic carbocycles. The van der Waals surface area contributed by atoms with Gasteiger partial charge in [-0.05, 0) is 37.9 Å². The van der Waals surface area contributed by atoms with Crippen LogP contribution >= 0.6 is 0 Å². The number of nitrogens with zero attached hydrogens (tertiary/aromatic N) is 1. The van der Waals surface area contributed by atoms with Gasteiger partial charge in [0.1, 0.15) is 0 Å². The van der Waals surface area contributed by atoms with Crippen molar-refractivity contribution in [3.8, 4) is 0 Å². The number of sulfone groups is 1. The first-order valence-electron chi connectivity index (χ1n) is 5.37. The average Bonchev–Trinajstić information content (AvgIpc) is 2.28. The molecule has 0 fully saturated rings. The highest BCUT2D eigenvalue weighted by atomic mass is 32.2. The van der Waals surface area contributed by atoms with Crippen LogP contribution in [0.4, 0.5) is 0 Å². The monoisotopic (exact) mass is 242 g/mol. The fraction of sp³-hybridized carbons (Fsp3) is 0.545. The molecule has 0 aliphatic rings. The van der Waals surface area contributed by atoms with E-state index in [0.717, 1.165) is 5.56 Å². The molecule has 0 spiro atoms. The van der Waals surface area contributed by atoms with Crippen LogP contribution < -0.4 is 5.73 Å². The molecule has 0 amide bonds. The van der Waals surface area contributed by atoms with E-state index in [1.165, 1.54) is 0 Å². The van der Waals surface area contributed by atoms with Crippen LogP contribution in [0.5, 0.6) is 0 Å². The van der Waals surface area contributed by atoms with Crippen molar-refractivity contribution in [2.45, 2.75) is 25.0 Å². The van der Waals surface area contributed by atoms with Gasteiger partial charge in [0.15, 0.2) is 9.84 Å². The molecule has 0 radical (unpaired) electrons. The molecule has 2 N–H and O–H groups in total. The SMILES string of the molecule is CC(CCN)S(=O)(=O)CCc1cccnc1. The summed E-state index contributed by atoms with van der Waals surface area (Å²) in [5.74, 6) is 0.167. The summed E-state index contributed by atoms with van der Waals surface area (Å²) in [6.45, 7) is 2.12. The Morgan fingerprint density at radius 3 is 2.81 bits per heavy atom. The molecule has 1 aromatic rings. The van der Waals surface area contributed by atoms with Crippen LogP contribution in [0, 0.1) is 0 Å². The minimum absolute atomic E-state index is 0.167. The Hall–Kier alpha value is -0.940. The third-order valence-electron chi connectivity index (χ3n) is 2.58. The quantitative estimate of drug-likeness (QED) is 0.800. The predicted octanol–water partition coefficient (Wildman–Crippen LogP) is 0.776. The number of pyridine rings is 1. The third kappa shape index (κ3) is 3.90. The van der Waals surface area contributed by atoms with Gasteiger partial charge in [0.2, 0.25) is 0 Å². The van der Waals surface area contributed by atoms with E-state index in [0.29, 0.717) is 19.4 Å². The molecule has 90 valence electrons. The highest BCUT2D eigenvalue weighted by Gasteiger charge is 2.19. The molecular weight excluding hydrogens is 224 g/mol. The van der Waals surface area contributed by atoms with Crippen LogP contribution in [0.25, 0.3) is 0 Å². The Kier molecular flexibility index (Phi) is 4.89. The van der Waals surface area contributed by atoms with Gasteiger partial charge in [0.05, 0.1) is 11.0 Å². The fourth-order valence-corrected chi connectivity index (χ4v) is 2.84. The van der Waals surface area contributed by atoms with Crippen molar-refractivity contribution in [3.63, 3.8) is 0 Å². The van der Waals surface area contributed by atoms with Crippen LogP contribution in [-0.4, -0.2) is 30.9 Å². The van der Waals surface area contributed by atoms with E-state index in [-0.39, 0.29) is 11.0 Å². The Morgan fingerprint density at radius 2 is 2.25 bits per heavy atom. The molecule has 0 aromatic carbocycles. The minimum atomic E-state index is -3.03. The first kappa shape index (κ1) is 13.1. The molecule has 1 heterocycles. The molecule has 1 rings (SSSR count). The Labute approximate surface area is 96.8 Å². The molecule has 1 unspecified atom stereocenters. The molecule has 5 heteroatoms. The van der Waals surface area contributed by atoms with E-state index >= 15 is 0 Å². The van der Waals surface area contributed by atoms with E-state index in [4.69, 9.17) is 5.73 Å². The molecule has 4 nitrogen and oxygen atoms in total. The summed E-state index contributed by atoms with van der Waals surface area (Å²) in [6.07, 6.45) is 4.42. The lowest BCUT2D eigenvalue weighted by molar-refractivity contribution is 0.577. The van der Waals surface area contributed by atoms with Gasteiger partial charge in [-0.25, -0.2) is 8.42 Å². The second-order valence-corrected chi connectivity index (χ2v) is 6.40. The summed E-state index contributed by atoms with van der Waals surface area (Å²) >= 11 is 0. The molecule has 16 heavy (non-hydrogen) atoms. The predicted molar refractivity (Wildman–Crippen MR) is 64.9 cm³/mol. The van der Waals surface area contributed by atoms with Gasteiger partial charge < -0.3 is 5.73 Å². The molecular formula is C11H18N2O2S. The van der Waals surface area contributed by atoms with Crippen molar-refractivity contribution < 1.29 is 8.42 Å². The van der Waals surface area contributed by atoms with Crippen molar-refractivity contribution >= 4 is 9.84 Å². The van der Waals surface area contributed by atoms with E-state index in [2.05, 4.69) is 4.98 Å². The molecule has 0 saturated heterocycles. The van der Waals surface area contributed by atoms with Gasteiger partial charge >= 0.3 is 0 Å². The normalized spacial score (nSPS) is 13.6. The third-order valence-corrected chi connectivity index (χ3v) is 4.82. The van der Waals surface area contributed by atoms with Gasteiger partial charge in [-0.15, -0.1) is 0 Å². The molecule has 0 aliphatic heterocycles. The topological polar surface area (TPSA) is 73.1 Å². The first-order chi connectivity index (χ1) is 7.56. The van der Waals surface area contributed by atoms with Crippen molar-refractivity contribution in [2.75, 3.05) is 12.3 Å². The highest BCUT2D eigenvalue weighted by molar-refractivity contribution is 7.92. The zero-order valence-corrected chi connectivity index (χ0v) is 10.3. The molecule has 0 saturated carbocycles. The minimum Gasteiger partial charge on any atom is -0.330 e. The standard InChI is InChI=1S/C11H18N2O2S/c1-10(4-6-12)16(14,15)8-5-11-3-2-7-13-9-11/h2-3,7,9-10H,4-6,8,12H2,1H3. The summed E-state index contributed by atoms with van der Waals surface area (Å²) in [5, 5.41) is -0.353. The van der Waals surface area contributed by atoms with Gasteiger partial charge in [-0.1, -0.05) is 6.07 Å². The Bertz CT molecular complexity index is 403. The van der Waals surface area contributed by atoms with Gasteiger partial charge in [-0.2, -0.15) is 0 Å². The van der Waals surface area contributed by atoms with Crippen LogP contribution in [0.3, 0.4) is 0 Å². The highest BCUT2D eigenvalue weighted by Crippen LogP contribution is 2.08. The summed E-state index contributed by atoms with van der Waals surface area (Å²) in [5.41, 5.74) is 6.31. The van der Waals surface area contributed by atoms with Gasteiger partial charge in [0.25, 0.3) is 0 Å². The van der Waals surface area contributed by atoms with Crippen molar-refractivity contribution in [1.29, 1.82) is 0 Å². The van der Waals surface area contributed by atoms with Crippen molar-refractivity contribution in [2.24, 2.45) is 5.73 Å². The maximum Gasteiger partial charge on any atom is 0.153 e. The molecule has 0 bridgehead atoms. The van der Waals surface area contributed by atoms with E-state index in [1.54, 1.807) is 19.3 Å². The number of aromatic nitrogens is 1. The summed E-state index contributed by atoms with van der Waals surface area (Å²) < 4.78 is 23.6. The number of hydrogen-bond acceptors (Lipinski definition) is 4. The fourth-order valence-electron chi connectivity index (χ4n) is 1.42. The van der Waals surface area contributed by atoms with Crippen LogP contribution in [-0.2, 0) is 16.3 Å². The van der Waals surface area contributed by atoms with Crippen molar-refractivity contribution in [3.05, 3.63) is 30.1 Å². The van der Waals surface area contributed by atoms with Gasteiger partial charge in [-0.3, -0.25) is 4.98 Å². The van der Waals surface area contributed by atoms with Crippen molar-refractivity contribution in [1.82, 2.24) is 4.98 Å². The van der Waals surface area contributed by atoms with E-state index in [1.807, 2.05) is 12.1 Å². The summed E-state index contributed by atoms with van der Waals surface area (Å²) in [7, 11) is -3.03. The lowest BCUT2D eigenvalue weighted by Crippen LogP contribution is -2.24. The second-order valence-electron chi connectivity index (χ2n) is 3.87. The summed E-state index contributed by atoms with van der Waals surface area (Å²) in [6, 6.07) is 3.70. The Morgan fingerprint density at radius 1 is 1.50 bits per heavy atom. The number of rotatable bonds is 6. The molecule has 1 atom stereocenters.